The number of carbonyl (C=O) groups is 1. The zero-order valence-electron chi connectivity index (χ0n) is 15.9. The monoisotopic (exact) mass is 437 g/mol. The molecule has 5 nitrogen and oxygen atoms in total. The van der Waals surface area contributed by atoms with E-state index < -0.39 is 29.6 Å². The van der Waals surface area contributed by atoms with Crippen LogP contribution >= 0.6 is 0 Å². The molecule has 10 heteroatoms. The van der Waals surface area contributed by atoms with Crippen LogP contribution in [0, 0.1) is 11.6 Å². The first-order chi connectivity index (χ1) is 14.7. The minimum Gasteiger partial charge on any atom is -0.370 e. The van der Waals surface area contributed by atoms with Crippen molar-refractivity contribution in [3.05, 3.63) is 83.2 Å². The highest BCUT2D eigenvalue weighted by Crippen LogP contribution is 2.28. The predicted octanol–water partition coefficient (Wildman–Crippen LogP) is 4.38. The summed E-state index contributed by atoms with van der Waals surface area (Å²) in [6.07, 6.45) is -3.95. The molecule has 1 aromatic heterocycles. The summed E-state index contributed by atoms with van der Waals surface area (Å²) in [7, 11) is 0. The van der Waals surface area contributed by atoms with Gasteiger partial charge in [0.05, 0.1) is 18.8 Å². The first-order valence-electron chi connectivity index (χ1n) is 9.31. The summed E-state index contributed by atoms with van der Waals surface area (Å²) >= 11 is 0. The molecule has 1 unspecified atom stereocenters. The second-order valence-electron chi connectivity index (χ2n) is 6.97. The number of nitrogens with zero attached hydrogens (tertiary/aromatic N) is 3. The molecule has 1 amide bonds. The number of carbonyl (C=O) groups excluding carboxylic acids is 1. The number of aromatic nitrogens is 2. The average molecular weight is 437 g/mol. The Hall–Kier alpha value is -3.27. The summed E-state index contributed by atoms with van der Waals surface area (Å²) in [5.74, 6) is -2.27. The van der Waals surface area contributed by atoms with Crippen molar-refractivity contribution in [2.24, 2.45) is 0 Å². The number of hydrogen-bond acceptors (Lipinski definition) is 3. The van der Waals surface area contributed by atoms with E-state index in [1.807, 2.05) is 0 Å². The van der Waals surface area contributed by atoms with Crippen LogP contribution in [0.3, 0.4) is 0 Å². The lowest BCUT2D eigenvalue weighted by atomic mass is 10.1. The fourth-order valence-electron chi connectivity index (χ4n) is 3.31. The molecule has 0 spiro atoms. The van der Waals surface area contributed by atoms with Gasteiger partial charge in [0.15, 0.2) is 17.3 Å². The Morgan fingerprint density at radius 1 is 1.03 bits per heavy atom. The van der Waals surface area contributed by atoms with Crippen LogP contribution in [-0.2, 0) is 10.9 Å². The van der Waals surface area contributed by atoms with Gasteiger partial charge in [-0.3, -0.25) is 4.79 Å². The van der Waals surface area contributed by atoms with E-state index in [0.29, 0.717) is 23.4 Å². The molecule has 2 heterocycles. The lowest BCUT2D eigenvalue weighted by molar-refractivity contribution is -0.141. The Labute approximate surface area is 173 Å². The quantitative estimate of drug-likeness (QED) is 0.572. The predicted molar refractivity (Wildman–Crippen MR) is 99.5 cm³/mol. The first-order valence-corrected chi connectivity index (χ1v) is 9.31. The lowest BCUT2D eigenvalue weighted by Crippen LogP contribution is -2.42. The van der Waals surface area contributed by atoms with E-state index in [9.17, 15) is 26.7 Å². The highest BCUT2D eigenvalue weighted by atomic mass is 19.4. The second kappa shape index (κ2) is 8.10. The number of hydrogen-bond donors (Lipinski definition) is 0. The van der Waals surface area contributed by atoms with Gasteiger partial charge in [-0.2, -0.15) is 18.3 Å². The van der Waals surface area contributed by atoms with Crippen LogP contribution in [0.1, 0.15) is 27.7 Å². The molecule has 0 N–H and O–H groups in total. The molecule has 1 aliphatic rings. The van der Waals surface area contributed by atoms with E-state index in [0.717, 1.165) is 22.9 Å². The van der Waals surface area contributed by atoms with Gasteiger partial charge < -0.3 is 9.64 Å². The standard InChI is InChI=1S/C21H16F5N3O2/c22-16-6-3-14(11-17(16)23)18-12-28(9-10-31-18)20(30)13-1-4-15(5-2-13)29-8-7-19(27-29)21(24,25)26/h1-8,11,18H,9-10,12H2. The summed E-state index contributed by atoms with van der Waals surface area (Å²) in [5.41, 5.74) is 0.113. The van der Waals surface area contributed by atoms with E-state index in [4.69, 9.17) is 4.74 Å². The van der Waals surface area contributed by atoms with Crippen LogP contribution in [0.5, 0.6) is 0 Å². The number of amides is 1. The summed E-state index contributed by atoms with van der Waals surface area (Å²) in [4.78, 5) is 14.4. The maximum Gasteiger partial charge on any atom is 0.435 e. The molecule has 0 bridgehead atoms. The Morgan fingerprint density at radius 2 is 1.77 bits per heavy atom. The smallest absolute Gasteiger partial charge is 0.370 e. The van der Waals surface area contributed by atoms with Crippen molar-refractivity contribution in [2.75, 3.05) is 19.7 Å². The molecule has 0 radical (unpaired) electrons. The van der Waals surface area contributed by atoms with Gasteiger partial charge in [0.25, 0.3) is 5.91 Å². The third-order valence-electron chi connectivity index (χ3n) is 4.93. The highest BCUT2D eigenvalue weighted by molar-refractivity contribution is 5.94. The van der Waals surface area contributed by atoms with Gasteiger partial charge in [-0.15, -0.1) is 0 Å². The summed E-state index contributed by atoms with van der Waals surface area (Å²) in [5, 5.41) is 3.50. The number of benzene rings is 2. The zero-order chi connectivity index (χ0) is 22.2. The molecule has 1 atom stereocenters. The minimum absolute atomic E-state index is 0.153. The van der Waals surface area contributed by atoms with Crippen molar-refractivity contribution in [3.63, 3.8) is 0 Å². The second-order valence-corrected chi connectivity index (χ2v) is 6.97. The summed E-state index contributed by atoms with van der Waals surface area (Å²) in [6, 6.07) is 10.3. The molecule has 1 aliphatic heterocycles. The molecule has 162 valence electrons. The van der Waals surface area contributed by atoms with E-state index in [1.54, 1.807) is 0 Å². The Kier molecular flexibility index (Phi) is 5.48. The lowest BCUT2D eigenvalue weighted by Gasteiger charge is -2.33. The fraction of sp³-hybridized carbons (Fsp3) is 0.238. The molecule has 0 saturated carbocycles. The molecular formula is C21H16F5N3O2. The third-order valence-corrected chi connectivity index (χ3v) is 4.93. The van der Waals surface area contributed by atoms with E-state index >= 15 is 0 Å². The normalized spacial score (nSPS) is 17.1. The topological polar surface area (TPSA) is 47.4 Å². The van der Waals surface area contributed by atoms with Crippen LogP contribution in [0.4, 0.5) is 22.0 Å². The molecule has 1 saturated heterocycles. The summed E-state index contributed by atoms with van der Waals surface area (Å²) < 4.78 is 71.5. The van der Waals surface area contributed by atoms with Gasteiger partial charge in [0.1, 0.15) is 6.10 Å². The van der Waals surface area contributed by atoms with Gasteiger partial charge in [-0.1, -0.05) is 6.07 Å². The number of alkyl halides is 3. The van der Waals surface area contributed by atoms with Gasteiger partial charge in [0, 0.05) is 18.3 Å². The molecule has 0 aliphatic carbocycles. The van der Waals surface area contributed by atoms with Crippen molar-refractivity contribution >= 4 is 5.91 Å². The minimum atomic E-state index is -4.54. The van der Waals surface area contributed by atoms with Crippen molar-refractivity contribution in [1.29, 1.82) is 0 Å². The average Bonchev–Trinajstić information content (AvgIpc) is 3.26. The van der Waals surface area contributed by atoms with Crippen LogP contribution in [0.2, 0.25) is 0 Å². The van der Waals surface area contributed by atoms with Crippen LogP contribution < -0.4 is 0 Å². The summed E-state index contributed by atoms with van der Waals surface area (Å²) in [6.45, 7) is 0.690. The third kappa shape index (κ3) is 4.43. The largest absolute Gasteiger partial charge is 0.435 e. The number of morpholine rings is 1. The highest BCUT2D eigenvalue weighted by Gasteiger charge is 2.33. The van der Waals surface area contributed by atoms with E-state index in [-0.39, 0.29) is 19.1 Å². The number of ether oxygens (including phenoxy) is 1. The van der Waals surface area contributed by atoms with Crippen LogP contribution in [-0.4, -0.2) is 40.3 Å². The Bertz CT molecular complexity index is 1100. The first kappa shape index (κ1) is 21.0. The maximum atomic E-state index is 13.5. The van der Waals surface area contributed by atoms with Gasteiger partial charge in [-0.05, 0) is 48.0 Å². The Balaban J connectivity index is 1.47. The van der Waals surface area contributed by atoms with Gasteiger partial charge in [-0.25, -0.2) is 13.5 Å². The molecule has 31 heavy (non-hydrogen) atoms. The molecule has 2 aromatic carbocycles. The molecule has 3 aromatic rings. The van der Waals surface area contributed by atoms with Crippen molar-refractivity contribution < 1.29 is 31.5 Å². The fourth-order valence-corrected chi connectivity index (χ4v) is 3.31. The van der Waals surface area contributed by atoms with E-state index in [2.05, 4.69) is 5.10 Å². The zero-order valence-corrected chi connectivity index (χ0v) is 15.9. The SMILES string of the molecule is O=C(c1ccc(-n2ccc(C(F)(F)F)n2)cc1)N1CCOC(c2ccc(F)c(F)c2)C1. The number of rotatable bonds is 3. The molecular weight excluding hydrogens is 421 g/mol. The van der Waals surface area contributed by atoms with E-state index in [1.165, 1.54) is 41.4 Å². The number of halogens is 5. The maximum absolute atomic E-state index is 13.5. The molecule has 1 fully saturated rings. The van der Waals surface area contributed by atoms with Crippen molar-refractivity contribution in [2.45, 2.75) is 12.3 Å². The van der Waals surface area contributed by atoms with Gasteiger partial charge in [0.2, 0.25) is 0 Å². The van der Waals surface area contributed by atoms with Gasteiger partial charge >= 0.3 is 6.18 Å². The van der Waals surface area contributed by atoms with Crippen LogP contribution in [0.15, 0.2) is 54.7 Å². The van der Waals surface area contributed by atoms with Crippen molar-refractivity contribution in [1.82, 2.24) is 14.7 Å². The van der Waals surface area contributed by atoms with Crippen LogP contribution in [0.25, 0.3) is 5.69 Å². The Morgan fingerprint density at radius 3 is 2.42 bits per heavy atom. The molecule has 4 rings (SSSR count). The van der Waals surface area contributed by atoms with Crippen molar-refractivity contribution in [3.8, 4) is 5.69 Å².